The van der Waals surface area contributed by atoms with Gasteiger partial charge in [-0.3, -0.25) is 14.4 Å². The van der Waals surface area contributed by atoms with Crippen molar-refractivity contribution in [3.63, 3.8) is 0 Å². The van der Waals surface area contributed by atoms with Crippen molar-refractivity contribution in [2.24, 2.45) is 29.6 Å². The molecule has 0 aromatic carbocycles. The molecule has 0 unspecified atom stereocenters. The molecule has 0 aromatic rings. The number of carbonyl (C=O) groups excluding carboxylic acids is 4. The molecule has 0 radical (unpaired) electrons. The number of nitrogens with zero attached hydrogens (tertiary/aromatic N) is 1. The number of carbonyl (C=O) groups is 4. The lowest BCUT2D eigenvalue weighted by molar-refractivity contribution is -0.302. The lowest BCUT2D eigenvalue weighted by Gasteiger charge is -2.47. The zero-order chi connectivity index (χ0) is 41.5. The number of allylic oxidation sites excluding steroid dienone is 3. The van der Waals surface area contributed by atoms with E-state index in [1.165, 1.54) is 19.1 Å². The molecule has 13 heteroatoms. The summed E-state index contributed by atoms with van der Waals surface area (Å²) in [6, 6.07) is -1.12. The molecule has 4 aliphatic rings. The van der Waals surface area contributed by atoms with Crippen LogP contribution in [0.1, 0.15) is 112 Å². The van der Waals surface area contributed by atoms with Gasteiger partial charge in [0, 0.05) is 52.0 Å². The number of alkyl halides is 1. The minimum Gasteiger partial charge on any atom is -0.456 e. The second-order valence-corrected chi connectivity index (χ2v) is 17.7. The minimum atomic E-state index is -2.49. The van der Waals surface area contributed by atoms with Gasteiger partial charge in [0.05, 0.1) is 29.8 Å². The highest BCUT2D eigenvalue weighted by Crippen LogP contribution is 2.39. The summed E-state index contributed by atoms with van der Waals surface area (Å²) in [5, 5.41) is 23.6. The molecule has 3 aliphatic heterocycles. The van der Waals surface area contributed by atoms with Gasteiger partial charge in [-0.25, -0.2) is 4.79 Å². The van der Waals surface area contributed by atoms with Gasteiger partial charge in [0.2, 0.25) is 5.79 Å². The molecule has 0 spiro atoms. The highest BCUT2D eigenvalue weighted by Gasteiger charge is 2.56. The largest absolute Gasteiger partial charge is 0.456 e. The molecule has 14 atom stereocenters. The van der Waals surface area contributed by atoms with Crippen LogP contribution >= 0.6 is 11.6 Å². The summed E-state index contributed by atoms with van der Waals surface area (Å²) in [5.41, 5.74) is 1.71. The maximum Gasteiger partial charge on any atom is 0.329 e. The fourth-order valence-electron chi connectivity index (χ4n) is 9.36. The van der Waals surface area contributed by atoms with Crippen molar-refractivity contribution in [1.29, 1.82) is 0 Å². The highest BCUT2D eigenvalue weighted by atomic mass is 35.5. The Bertz CT molecular complexity index is 1440. The SMILES string of the molecule is CC[C@@H]1C=C(C)C[C@H](C)C[C@H](OC)[C@H]2O[C@@](O)(C(=O)C(=O)N3CCCC[C@H]3C(=O)O[C@H](C(C)=C[C@@H]3CC[C@H](Cl)[C@H](OC)C3)[C@H](C)[C@@H](O)CC1=O)[C@H](C)C[C@H]2OC. The lowest BCUT2D eigenvalue weighted by Crippen LogP contribution is -2.64. The summed E-state index contributed by atoms with van der Waals surface area (Å²) in [5.74, 6) is -7.31. The van der Waals surface area contributed by atoms with E-state index in [1.54, 1.807) is 21.0 Å². The van der Waals surface area contributed by atoms with Gasteiger partial charge < -0.3 is 38.8 Å². The summed E-state index contributed by atoms with van der Waals surface area (Å²) >= 11 is 6.52. The number of amides is 1. The Morgan fingerprint density at radius 2 is 1.62 bits per heavy atom. The van der Waals surface area contributed by atoms with Crippen LogP contribution in [0.4, 0.5) is 0 Å². The van der Waals surface area contributed by atoms with Gasteiger partial charge in [-0.15, -0.1) is 11.6 Å². The Kier molecular flexibility index (Phi) is 17.2. The summed E-state index contributed by atoms with van der Waals surface area (Å²) < 4.78 is 29.9. The average molecular weight is 810 g/mol. The quantitative estimate of drug-likeness (QED) is 0.146. The number of methoxy groups -OCH3 is 3. The molecule has 4 rings (SSSR count). The zero-order valence-electron chi connectivity index (χ0n) is 35.0. The third-order valence-corrected chi connectivity index (χ3v) is 13.3. The van der Waals surface area contributed by atoms with Crippen LogP contribution < -0.4 is 0 Å². The predicted molar refractivity (Wildman–Crippen MR) is 212 cm³/mol. The Balaban J connectivity index is 1.76. The molecule has 1 saturated carbocycles. The molecule has 56 heavy (non-hydrogen) atoms. The van der Waals surface area contributed by atoms with Crippen LogP contribution in [-0.2, 0) is 42.9 Å². The Morgan fingerprint density at radius 1 is 0.964 bits per heavy atom. The standard InChI is InChI=1S/C43H68ClNO11/c1-10-30-18-24(2)17-25(3)19-36(53-8)39-37(54-9)21-27(5)43(51,56-39)40(48)41(49)45-16-12-11-13-32(45)42(50)55-38(28(6)33(46)23-34(30)47)26(4)20-29-14-15-31(44)35(22-29)52-7/h18,20,25,27-33,35-39,46,51H,10-17,19,21-23H2,1-9H3/t25-,27+,28+,29-,30+,31-,32-,33-,35+,36-,37+,38+,39+,43+/m0/s1. The van der Waals surface area contributed by atoms with Crippen molar-refractivity contribution >= 4 is 35.0 Å². The van der Waals surface area contributed by atoms with Crippen LogP contribution in [0, 0.1) is 29.6 Å². The van der Waals surface area contributed by atoms with Crippen molar-refractivity contribution in [3.8, 4) is 0 Å². The second-order valence-electron chi connectivity index (χ2n) is 17.1. The maximum atomic E-state index is 14.3. The number of ketones is 2. The second kappa shape index (κ2) is 20.7. The van der Waals surface area contributed by atoms with Crippen LogP contribution in [0.3, 0.4) is 0 Å². The molecule has 0 aromatic heterocycles. The average Bonchev–Trinajstić information content (AvgIpc) is 3.18. The molecule has 1 amide bonds. The smallest absolute Gasteiger partial charge is 0.329 e. The third-order valence-electron chi connectivity index (χ3n) is 12.8. The third kappa shape index (κ3) is 10.9. The molecule has 12 nitrogen and oxygen atoms in total. The van der Waals surface area contributed by atoms with E-state index in [0.717, 1.165) is 18.4 Å². The number of cyclic esters (lactones) is 1. The first-order valence-corrected chi connectivity index (χ1v) is 21.2. The lowest BCUT2D eigenvalue weighted by atomic mass is 9.82. The van der Waals surface area contributed by atoms with Gasteiger partial charge in [0.15, 0.2) is 0 Å². The number of rotatable bonds is 6. The first kappa shape index (κ1) is 46.5. The van der Waals surface area contributed by atoms with Crippen molar-refractivity contribution in [2.45, 2.75) is 166 Å². The monoisotopic (exact) mass is 809 g/mol. The van der Waals surface area contributed by atoms with Gasteiger partial charge in [0.25, 0.3) is 11.7 Å². The van der Waals surface area contributed by atoms with Gasteiger partial charge >= 0.3 is 5.97 Å². The zero-order valence-corrected chi connectivity index (χ0v) is 35.8. The Morgan fingerprint density at radius 3 is 2.27 bits per heavy atom. The van der Waals surface area contributed by atoms with Crippen LogP contribution in [0.25, 0.3) is 0 Å². The van der Waals surface area contributed by atoms with Crippen molar-refractivity contribution in [3.05, 3.63) is 23.3 Å². The van der Waals surface area contributed by atoms with E-state index in [1.807, 2.05) is 32.9 Å². The Labute approximate surface area is 339 Å². The summed E-state index contributed by atoms with van der Waals surface area (Å²) in [4.78, 5) is 57.7. The number of piperidine rings is 1. The molecule has 2 N–H and O–H groups in total. The number of hydrogen-bond donors (Lipinski definition) is 2. The normalized spacial score (nSPS) is 40.6. The Hall–Kier alpha value is -2.19. The number of esters is 1. The van der Waals surface area contributed by atoms with E-state index >= 15 is 0 Å². The topological polar surface area (TPSA) is 158 Å². The van der Waals surface area contributed by atoms with E-state index in [2.05, 4.69) is 6.92 Å². The number of aliphatic hydroxyl groups is 2. The number of halogens is 1. The maximum absolute atomic E-state index is 14.3. The van der Waals surface area contributed by atoms with Crippen molar-refractivity contribution < 1.29 is 53.1 Å². The summed E-state index contributed by atoms with van der Waals surface area (Å²) in [7, 11) is 4.71. The fourth-order valence-corrected chi connectivity index (χ4v) is 9.69. The molecular formula is C43H68ClNO11. The first-order valence-electron chi connectivity index (χ1n) is 20.7. The summed E-state index contributed by atoms with van der Waals surface area (Å²) in [6.45, 7) is 11.3. The predicted octanol–water partition coefficient (Wildman–Crippen LogP) is 5.72. The first-order chi connectivity index (χ1) is 26.5. The molecule has 3 heterocycles. The van der Waals surface area contributed by atoms with Gasteiger partial charge in [-0.2, -0.15) is 0 Å². The van der Waals surface area contributed by atoms with Gasteiger partial charge in [0.1, 0.15) is 24.0 Å². The number of aliphatic hydroxyl groups excluding tert-OH is 1. The van der Waals surface area contributed by atoms with Gasteiger partial charge in [-0.1, -0.05) is 45.4 Å². The molecule has 1 aliphatic carbocycles. The highest BCUT2D eigenvalue weighted by molar-refractivity contribution is 6.39. The van der Waals surface area contributed by atoms with Crippen molar-refractivity contribution in [2.75, 3.05) is 27.9 Å². The van der Waals surface area contributed by atoms with Gasteiger partial charge in [-0.05, 0) is 95.5 Å². The van der Waals surface area contributed by atoms with Crippen LogP contribution in [0.5, 0.6) is 0 Å². The molecule has 2 bridgehead atoms. The minimum absolute atomic E-state index is 0.0425. The molecular weight excluding hydrogens is 742 g/mol. The molecule has 318 valence electrons. The number of ether oxygens (including phenoxy) is 5. The number of hydrogen-bond acceptors (Lipinski definition) is 11. The van der Waals surface area contributed by atoms with Crippen LogP contribution in [0.15, 0.2) is 23.3 Å². The number of fused-ring (bicyclic) bond motifs is 3. The van der Waals surface area contributed by atoms with E-state index in [9.17, 15) is 29.4 Å². The fraction of sp³-hybridized carbons (Fsp3) is 0.814. The molecule has 3 fully saturated rings. The van der Waals surface area contributed by atoms with Crippen molar-refractivity contribution in [1.82, 2.24) is 4.90 Å². The summed E-state index contributed by atoms with van der Waals surface area (Å²) in [6.07, 6.45) is 5.16. The van der Waals surface area contributed by atoms with E-state index in [-0.39, 0.29) is 54.9 Å². The van der Waals surface area contributed by atoms with E-state index < -0.39 is 77.8 Å². The van der Waals surface area contributed by atoms with Crippen LogP contribution in [-0.4, -0.2) is 120 Å². The number of Topliss-reactive ketones (excluding diaryl/α,β-unsaturated/α-hetero) is 2. The van der Waals surface area contributed by atoms with E-state index in [0.29, 0.717) is 44.1 Å². The molecule has 2 saturated heterocycles. The van der Waals surface area contributed by atoms with E-state index in [4.69, 9.17) is 35.3 Å². The van der Waals surface area contributed by atoms with Crippen LogP contribution in [0.2, 0.25) is 0 Å².